The summed E-state index contributed by atoms with van der Waals surface area (Å²) in [5.41, 5.74) is 1.97. The second-order valence-electron chi connectivity index (χ2n) is 4.29. The Labute approximate surface area is 120 Å². The third-order valence-electron chi connectivity index (χ3n) is 3.03. The lowest BCUT2D eigenvalue weighted by atomic mass is 10.1. The number of carbonyl (C=O) groups excluding carboxylic acids is 1. The number of fused-ring (bicyclic) bond motifs is 1. The highest BCUT2D eigenvalue weighted by atomic mass is 79.9. The highest BCUT2D eigenvalue weighted by molar-refractivity contribution is 9.09. The van der Waals surface area contributed by atoms with Crippen LogP contribution < -0.4 is 5.32 Å². The van der Waals surface area contributed by atoms with Gasteiger partial charge in [-0.05, 0) is 25.0 Å². The molecule has 0 spiro atoms. The van der Waals surface area contributed by atoms with E-state index in [-0.39, 0.29) is 11.9 Å². The second-order valence-corrected chi connectivity index (χ2v) is 5.08. The van der Waals surface area contributed by atoms with Crippen LogP contribution in [0.2, 0.25) is 0 Å². The van der Waals surface area contributed by atoms with Crippen molar-refractivity contribution in [2.75, 3.05) is 5.33 Å². The van der Waals surface area contributed by atoms with Gasteiger partial charge >= 0.3 is 0 Å². The quantitative estimate of drug-likeness (QED) is 0.861. The Balaban J connectivity index is 2.26. The van der Waals surface area contributed by atoms with E-state index in [2.05, 4.69) is 38.1 Å². The summed E-state index contributed by atoms with van der Waals surface area (Å²) in [7, 11) is 0. The molecule has 0 fully saturated rings. The number of amides is 1. The first-order chi connectivity index (χ1) is 9.26. The van der Waals surface area contributed by atoms with Crippen LogP contribution in [0.15, 0.2) is 30.6 Å². The van der Waals surface area contributed by atoms with E-state index in [0.29, 0.717) is 11.1 Å². The molecule has 0 aliphatic rings. The second kappa shape index (κ2) is 6.61. The van der Waals surface area contributed by atoms with Crippen LogP contribution in [0.4, 0.5) is 0 Å². The van der Waals surface area contributed by atoms with E-state index in [1.54, 1.807) is 18.5 Å². The van der Waals surface area contributed by atoms with Gasteiger partial charge in [0.05, 0.1) is 11.1 Å². The standard InChI is InChI=1S/C14H16BrN3O/c1-2-10(6-7-15)18-14(19)11-4-3-5-12-13(11)17-9-8-16-12/h3-5,8-10H,2,6-7H2,1H3,(H,18,19). The van der Waals surface area contributed by atoms with E-state index in [1.165, 1.54) is 0 Å². The number of aromatic nitrogens is 2. The summed E-state index contributed by atoms with van der Waals surface area (Å²) in [6.45, 7) is 2.07. The fourth-order valence-electron chi connectivity index (χ4n) is 1.95. The molecule has 0 saturated heterocycles. The van der Waals surface area contributed by atoms with E-state index < -0.39 is 0 Å². The minimum atomic E-state index is -0.0844. The minimum Gasteiger partial charge on any atom is -0.349 e. The summed E-state index contributed by atoms with van der Waals surface area (Å²) in [6.07, 6.45) is 5.06. The topological polar surface area (TPSA) is 54.9 Å². The number of hydrogen-bond donors (Lipinski definition) is 1. The van der Waals surface area contributed by atoms with E-state index in [9.17, 15) is 4.79 Å². The number of halogens is 1. The molecule has 1 unspecified atom stereocenters. The average Bonchev–Trinajstić information content (AvgIpc) is 2.46. The molecule has 0 saturated carbocycles. The Morgan fingerprint density at radius 1 is 1.37 bits per heavy atom. The minimum absolute atomic E-state index is 0.0844. The molecule has 4 nitrogen and oxygen atoms in total. The van der Waals surface area contributed by atoms with E-state index in [0.717, 1.165) is 23.7 Å². The van der Waals surface area contributed by atoms with Crippen molar-refractivity contribution in [2.24, 2.45) is 0 Å². The summed E-state index contributed by atoms with van der Waals surface area (Å²) in [6, 6.07) is 5.65. The number of carbonyl (C=O) groups is 1. The highest BCUT2D eigenvalue weighted by Crippen LogP contribution is 2.14. The van der Waals surface area contributed by atoms with Crippen molar-refractivity contribution in [2.45, 2.75) is 25.8 Å². The van der Waals surface area contributed by atoms with Crippen LogP contribution in [0.3, 0.4) is 0 Å². The van der Waals surface area contributed by atoms with Crippen molar-refractivity contribution >= 4 is 32.9 Å². The van der Waals surface area contributed by atoms with Gasteiger partial charge in [-0.15, -0.1) is 0 Å². The predicted octanol–water partition coefficient (Wildman–Crippen LogP) is 2.92. The molecule has 2 rings (SSSR count). The van der Waals surface area contributed by atoms with Crippen molar-refractivity contribution in [3.05, 3.63) is 36.2 Å². The lowest BCUT2D eigenvalue weighted by molar-refractivity contribution is 0.0936. The molecule has 19 heavy (non-hydrogen) atoms. The largest absolute Gasteiger partial charge is 0.349 e. The van der Waals surface area contributed by atoms with Crippen LogP contribution in [0.5, 0.6) is 0 Å². The summed E-state index contributed by atoms with van der Waals surface area (Å²) in [4.78, 5) is 20.8. The van der Waals surface area contributed by atoms with Crippen molar-refractivity contribution in [1.82, 2.24) is 15.3 Å². The maximum Gasteiger partial charge on any atom is 0.253 e. The smallest absolute Gasteiger partial charge is 0.253 e. The van der Waals surface area contributed by atoms with Crippen LogP contribution in [-0.4, -0.2) is 27.2 Å². The van der Waals surface area contributed by atoms with E-state index in [4.69, 9.17) is 0 Å². The first-order valence-corrected chi connectivity index (χ1v) is 7.45. The van der Waals surface area contributed by atoms with Crippen molar-refractivity contribution in [3.8, 4) is 0 Å². The Kier molecular flexibility index (Phi) is 4.85. The van der Waals surface area contributed by atoms with Gasteiger partial charge in [-0.25, -0.2) is 0 Å². The van der Waals surface area contributed by atoms with Crippen LogP contribution in [0.1, 0.15) is 30.1 Å². The SMILES string of the molecule is CCC(CCBr)NC(=O)c1cccc2nccnc12. The van der Waals surface area contributed by atoms with Gasteiger partial charge in [-0.3, -0.25) is 14.8 Å². The number of para-hydroxylation sites is 1. The number of alkyl halides is 1. The first-order valence-electron chi connectivity index (χ1n) is 6.32. The van der Waals surface area contributed by atoms with Gasteiger partial charge in [0, 0.05) is 23.8 Å². The van der Waals surface area contributed by atoms with Crippen LogP contribution in [0, 0.1) is 0 Å². The number of benzene rings is 1. The molecule has 100 valence electrons. The fourth-order valence-corrected chi connectivity index (χ4v) is 2.50. The maximum absolute atomic E-state index is 12.3. The van der Waals surface area contributed by atoms with Crippen LogP contribution in [-0.2, 0) is 0 Å². The molecule has 0 bridgehead atoms. The molecular formula is C14H16BrN3O. The third kappa shape index (κ3) is 3.29. The maximum atomic E-state index is 12.3. The van der Waals surface area contributed by atoms with Crippen LogP contribution in [0.25, 0.3) is 11.0 Å². The molecule has 0 radical (unpaired) electrons. The third-order valence-corrected chi connectivity index (χ3v) is 3.49. The van der Waals surface area contributed by atoms with Gasteiger partial charge in [0.2, 0.25) is 0 Å². The van der Waals surface area contributed by atoms with Gasteiger partial charge < -0.3 is 5.32 Å². The normalized spacial score (nSPS) is 12.3. The monoisotopic (exact) mass is 321 g/mol. The molecule has 1 amide bonds. The van der Waals surface area contributed by atoms with Crippen LogP contribution >= 0.6 is 15.9 Å². The molecule has 5 heteroatoms. The van der Waals surface area contributed by atoms with Gasteiger partial charge in [0.15, 0.2) is 0 Å². The molecule has 1 aromatic heterocycles. The Bertz CT molecular complexity index is 568. The van der Waals surface area contributed by atoms with Gasteiger partial charge in [-0.2, -0.15) is 0 Å². The lowest BCUT2D eigenvalue weighted by Gasteiger charge is -2.16. The zero-order valence-corrected chi connectivity index (χ0v) is 12.4. The van der Waals surface area contributed by atoms with Crippen molar-refractivity contribution < 1.29 is 4.79 Å². The fraction of sp³-hybridized carbons (Fsp3) is 0.357. The molecule has 1 atom stereocenters. The highest BCUT2D eigenvalue weighted by Gasteiger charge is 2.14. The number of nitrogens with zero attached hydrogens (tertiary/aromatic N) is 2. The van der Waals surface area contributed by atoms with Crippen molar-refractivity contribution in [1.29, 1.82) is 0 Å². The molecular weight excluding hydrogens is 306 g/mol. The summed E-state index contributed by atoms with van der Waals surface area (Å²) in [5, 5.41) is 3.92. The molecule has 1 aromatic carbocycles. The van der Waals surface area contributed by atoms with Gasteiger partial charge in [0.25, 0.3) is 5.91 Å². The number of rotatable bonds is 5. The zero-order chi connectivity index (χ0) is 13.7. The van der Waals surface area contributed by atoms with E-state index >= 15 is 0 Å². The number of nitrogens with one attached hydrogen (secondary N) is 1. The first kappa shape index (κ1) is 13.9. The molecule has 0 aliphatic carbocycles. The Morgan fingerprint density at radius 2 is 2.16 bits per heavy atom. The average molecular weight is 322 g/mol. The molecule has 0 aliphatic heterocycles. The Hall–Kier alpha value is -1.49. The lowest BCUT2D eigenvalue weighted by Crippen LogP contribution is -2.34. The Morgan fingerprint density at radius 3 is 2.89 bits per heavy atom. The van der Waals surface area contributed by atoms with Gasteiger partial charge in [-0.1, -0.05) is 28.9 Å². The predicted molar refractivity (Wildman–Crippen MR) is 79.5 cm³/mol. The van der Waals surface area contributed by atoms with Crippen molar-refractivity contribution in [3.63, 3.8) is 0 Å². The summed E-state index contributed by atoms with van der Waals surface area (Å²) >= 11 is 3.40. The summed E-state index contributed by atoms with van der Waals surface area (Å²) in [5.74, 6) is -0.0844. The molecule has 1 heterocycles. The molecule has 1 N–H and O–H groups in total. The zero-order valence-electron chi connectivity index (χ0n) is 10.8. The van der Waals surface area contributed by atoms with Gasteiger partial charge in [0.1, 0.15) is 5.52 Å². The summed E-state index contributed by atoms with van der Waals surface area (Å²) < 4.78 is 0. The van der Waals surface area contributed by atoms with E-state index in [1.807, 2.05) is 12.1 Å². The molecule has 2 aromatic rings. The number of hydrogen-bond acceptors (Lipinski definition) is 3.